The van der Waals surface area contributed by atoms with Crippen LogP contribution >= 0.6 is 0 Å². The fourth-order valence-electron chi connectivity index (χ4n) is 3.43. The number of aryl methyl sites for hydroxylation is 1. The molecule has 0 aromatic carbocycles. The van der Waals surface area contributed by atoms with Crippen molar-refractivity contribution in [2.24, 2.45) is 0 Å². The summed E-state index contributed by atoms with van der Waals surface area (Å²) in [6, 6.07) is 4.76. The van der Waals surface area contributed by atoms with E-state index in [9.17, 15) is 0 Å². The second kappa shape index (κ2) is 5.27. The molecule has 7 heteroatoms. The molecular formula is C18H18N6O. The predicted octanol–water partition coefficient (Wildman–Crippen LogP) is 3.18. The molecule has 0 atom stereocenters. The standard InChI is InChI=1S/C18H18N6O/c1-3-25-18-16-14(6-7-23(16)21-10-20-18)12-8-15-17(19-9-12)22-11(2)24(15)13-4-5-13/h6-10,13H,3-5H2,1-2H3. The van der Waals surface area contributed by atoms with Crippen molar-refractivity contribution in [1.82, 2.24) is 29.1 Å². The SMILES string of the molecule is CCOc1ncnn2ccc(-c3cnc4nc(C)n(C5CC5)c4c3)c12. The summed E-state index contributed by atoms with van der Waals surface area (Å²) < 4.78 is 9.80. The Morgan fingerprint density at radius 2 is 2.16 bits per heavy atom. The summed E-state index contributed by atoms with van der Waals surface area (Å²) in [7, 11) is 0. The van der Waals surface area contributed by atoms with Gasteiger partial charge in [0.25, 0.3) is 0 Å². The van der Waals surface area contributed by atoms with E-state index in [0.717, 1.165) is 33.6 Å². The minimum atomic E-state index is 0.558. The maximum atomic E-state index is 5.69. The molecule has 126 valence electrons. The van der Waals surface area contributed by atoms with Crippen molar-refractivity contribution >= 4 is 16.7 Å². The first-order valence-corrected chi connectivity index (χ1v) is 8.56. The highest BCUT2D eigenvalue weighted by atomic mass is 16.5. The second-order valence-corrected chi connectivity index (χ2v) is 6.35. The molecule has 1 aliphatic rings. The molecule has 0 amide bonds. The predicted molar refractivity (Wildman–Crippen MR) is 93.7 cm³/mol. The van der Waals surface area contributed by atoms with E-state index in [1.807, 2.05) is 25.4 Å². The van der Waals surface area contributed by atoms with E-state index in [1.54, 1.807) is 4.52 Å². The highest BCUT2D eigenvalue weighted by molar-refractivity contribution is 5.88. The summed E-state index contributed by atoms with van der Waals surface area (Å²) in [6.45, 7) is 4.56. The highest BCUT2D eigenvalue weighted by Crippen LogP contribution is 2.39. The average Bonchev–Trinajstić information content (AvgIpc) is 3.25. The van der Waals surface area contributed by atoms with Gasteiger partial charge in [-0.3, -0.25) is 0 Å². The smallest absolute Gasteiger partial charge is 0.242 e. The first-order valence-electron chi connectivity index (χ1n) is 8.56. The van der Waals surface area contributed by atoms with Crippen molar-refractivity contribution < 1.29 is 4.74 Å². The summed E-state index contributed by atoms with van der Waals surface area (Å²) in [4.78, 5) is 13.5. The van der Waals surface area contributed by atoms with Gasteiger partial charge in [0.2, 0.25) is 5.88 Å². The zero-order valence-corrected chi connectivity index (χ0v) is 14.2. The first kappa shape index (κ1) is 14.4. The normalized spacial score (nSPS) is 14.5. The first-order chi connectivity index (χ1) is 12.3. The van der Waals surface area contributed by atoms with E-state index in [2.05, 4.69) is 37.6 Å². The van der Waals surface area contributed by atoms with Gasteiger partial charge in [0, 0.05) is 29.6 Å². The van der Waals surface area contributed by atoms with Gasteiger partial charge in [-0.1, -0.05) is 0 Å². The molecule has 4 heterocycles. The Kier molecular flexibility index (Phi) is 3.03. The molecule has 0 unspecified atom stereocenters. The van der Waals surface area contributed by atoms with E-state index >= 15 is 0 Å². The zero-order chi connectivity index (χ0) is 17.0. The molecule has 1 saturated carbocycles. The molecule has 0 spiro atoms. The van der Waals surface area contributed by atoms with Crippen molar-refractivity contribution in [3.05, 3.63) is 36.7 Å². The second-order valence-electron chi connectivity index (χ2n) is 6.35. The fourth-order valence-corrected chi connectivity index (χ4v) is 3.43. The van der Waals surface area contributed by atoms with Gasteiger partial charge in [0.05, 0.1) is 12.1 Å². The van der Waals surface area contributed by atoms with E-state index in [0.29, 0.717) is 18.5 Å². The number of rotatable bonds is 4. The third-order valence-corrected chi connectivity index (χ3v) is 4.65. The van der Waals surface area contributed by atoms with Crippen LogP contribution in [0.5, 0.6) is 5.88 Å². The Labute approximate surface area is 144 Å². The van der Waals surface area contributed by atoms with Crippen LogP contribution in [-0.4, -0.2) is 35.7 Å². The zero-order valence-electron chi connectivity index (χ0n) is 14.2. The van der Waals surface area contributed by atoms with Crippen molar-refractivity contribution in [3.8, 4) is 17.0 Å². The Bertz CT molecular complexity index is 1090. The highest BCUT2D eigenvalue weighted by Gasteiger charge is 2.27. The van der Waals surface area contributed by atoms with Crippen molar-refractivity contribution in [3.63, 3.8) is 0 Å². The molecular weight excluding hydrogens is 316 g/mol. The molecule has 1 aliphatic carbocycles. The van der Waals surface area contributed by atoms with Crippen LogP contribution in [0.25, 0.3) is 27.8 Å². The molecule has 4 aromatic heterocycles. The number of ether oxygens (including phenoxy) is 1. The summed E-state index contributed by atoms with van der Waals surface area (Å²) in [6.07, 6.45) is 7.73. The van der Waals surface area contributed by atoms with E-state index < -0.39 is 0 Å². The summed E-state index contributed by atoms with van der Waals surface area (Å²) >= 11 is 0. The molecule has 0 N–H and O–H groups in total. The van der Waals surface area contributed by atoms with Gasteiger partial charge in [-0.25, -0.2) is 14.5 Å². The van der Waals surface area contributed by atoms with E-state index in [4.69, 9.17) is 4.74 Å². The van der Waals surface area contributed by atoms with Gasteiger partial charge in [-0.05, 0) is 38.8 Å². The average molecular weight is 334 g/mol. The molecule has 0 saturated heterocycles. The lowest BCUT2D eigenvalue weighted by Crippen LogP contribution is -2.00. The van der Waals surface area contributed by atoms with Crippen LogP contribution in [0.15, 0.2) is 30.9 Å². The van der Waals surface area contributed by atoms with Gasteiger partial charge in [0.15, 0.2) is 5.65 Å². The van der Waals surface area contributed by atoms with E-state index in [1.165, 1.54) is 19.2 Å². The molecule has 7 nitrogen and oxygen atoms in total. The number of imidazole rings is 1. The Morgan fingerprint density at radius 3 is 2.96 bits per heavy atom. The lowest BCUT2D eigenvalue weighted by atomic mass is 10.1. The lowest BCUT2D eigenvalue weighted by molar-refractivity contribution is 0.328. The molecule has 1 fully saturated rings. The van der Waals surface area contributed by atoms with Gasteiger partial charge >= 0.3 is 0 Å². The Morgan fingerprint density at radius 1 is 1.28 bits per heavy atom. The van der Waals surface area contributed by atoms with Gasteiger partial charge in [0.1, 0.15) is 17.7 Å². The van der Waals surface area contributed by atoms with Gasteiger partial charge < -0.3 is 9.30 Å². The quantitative estimate of drug-likeness (QED) is 0.573. The van der Waals surface area contributed by atoms with Crippen LogP contribution in [0.4, 0.5) is 0 Å². The van der Waals surface area contributed by atoms with Crippen LogP contribution in [-0.2, 0) is 0 Å². The van der Waals surface area contributed by atoms with Crippen LogP contribution in [0, 0.1) is 6.92 Å². The molecule has 0 radical (unpaired) electrons. The number of hydrogen-bond acceptors (Lipinski definition) is 5. The largest absolute Gasteiger partial charge is 0.476 e. The van der Waals surface area contributed by atoms with Crippen molar-refractivity contribution in [2.75, 3.05) is 6.61 Å². The minimum absolute atomic E-state index is 0.558. The Hall–Kier alpha value is -2.96. The monoisotopic (exact) mass is 334 g/mol. The number of pyridine rings is 1. The number of aromatic nitrogens is 6. The third-order valence-electron chi connectivity index (χ3n) is 4.65. The minimum Gasteiger partial charge on any atom is -0.476 e. The van der Waals surface area contributed by atoms with Gasteiger partial charge in [-0.15, -0.1) is 0 Å². The third kappa shape index (κ3) is 2.19. The number of fused-ring (bicyclic) bond motifs is 2. The summed E-state index contributed by atoms with van der Waals surface area (Å²) in [5.41, 5.74) is 4.79. The van der Waals surface area contributed by atoms with Crippen LogP contribution in [0.2, 0.25) is 0 Å². The van der Waals surface area contributed by atoms with Crippen LogP contribution in [0.3, 0.4) is 0 Å². The van der Waals surface area contributed by atoms with Crippen LogP contribution < -0.4 is 4.74 Å². The molecule has 5 rings (SSSR count). The molecule has 0 bridgehead atoms. The van der Waals surface area contributed by atoms with Crippen molar-refractivity contribution in [1.29, 1.82) is 0 Å². The maximum Gasteiger partial charge on any atom is 0.242 e. The summed E-state index contributed by atoms with van der Waals surface area (Å²) in [5.74, 6) is 1.62. The summed E-state index contributed by atoms with van der Waals surface area (Å²) in [5, 5.41) is 4.28. The topological polar surface area (TPSA) is 70.1 Å². The Balaban J connectivity index is 1.73. The number of hydrogen-bond donors (Lipinski definition) is 0. The van der Waals surface area contributed by atoms with Crippen LogP contribution in [0.1, 0.15) is 31.6 Å². The molecule has 4 aromatic rings. The molecule has 0 aliphatic heterocycles. The molecule has 25 heavy (non-hydrogen) atoms. The lowest BCUT2D eigenvalue weighted by Gasteiger charge is -2.07. The van der Waals surface area contributed by atoms with Crippen molar-refractivity contribution in [2.45, 2.75) is 32.7 Å². The number of nitrogens with zero attached hydrogens (tertiary/aromatic N) is 6. The maximum absolute atomic E-state index is 5.69. The van der Waals surface area contributed by atoms with Gasteiger partial charge in [-0.2, -0.15) is 10.1 Å². The van der Waals surface area contributed by atoms with E-state index in [-0.39, 0.29) is 0 Å². The fraction of sp³-hybridized carbons (Fsp3) is 0.333.